The summed E-state index contributed by atoms with van der Waals surface area (Å²) < 4.78 is 12.8. The molecule has 1 saturated heterocycles. The first kappa shape index (κ1) is 12.0. The van der Waals surface area contributed by atoms with Crippen LogP contribution in [0.4, 0.5) is 4.39 Å². The van der Waals surface area contributed by atoms with E-state index < -0.39 is 0 Å². The fourth-order valence-corrected chi connectivity index (χ4v) is 2.00. The summed E-state index contributed by atoms with van der Waals surface area (Å²) in [5.41, 5.74) is 6.15. The maximum Gasteiger partial charge on any atom is 0.254 e. The molecule has 1 aromatic rings. The normalized spacial score (nSPS) is 20.4. The molecule has 0 bridgehead atoms. The van der Waals surface area contributed by atoms with E-state index in [0.29, 0.717) is 25.2 Å². The molecule has 1 amide bonds. The van der Waals surface area contributed by atoms with Crippen molar-refractivity contribution >= 4 is 5.91 Å². The van der Waals surface area contributed by atoms with Crippen LogP contribution in [0.5, 0.6) is 0 Å². The monoisotopic (exact) mass is 237 g/mol. The standard InChI is InChI=1S/C12H16FN3O/c13-10-3-1-9(2-4-10)12(17)16-6-5-15-8-11(16)7-14/h1-4,11,15H,5-8,14H2. The van der Waals surface area contributed by atoms with Gasteiger partial charge in [0.15, 0.2) is 0 Å². The Labute approximate surface area is 99.6 Å². The molecule has 92 valence electrons. The minimum atomic E-state index is -0.336. The third-order valence-corrected chi connectivity index (χ3v) is 2.97. The largest absolute Gasteiger partial charge is 0.332 e. The van der Waals surface area contributed by atoms with E-state index >= 15 is 0 Å². The zero-order chi connectivity index (χ0) is 12.3. The van der Waals surface area contributed by atoms with Gasteiger partial charge < -0.3 is 16.0 Å². The van der Waals surface area contributed by atoms with Crippen LogP contribution in [0.25, 0.3) is 0 Å². The van der Waals surface area contributed by atoms with Crippen molar-refractivity contribution in [3.05, 3.63) is 35.6 Å². The molecule has 1 aliphatic heterocycles. The van der Waals surface area contributed by atoms with Gasteiger partial charge in [0, 0.05) is 31.7 Å². The highest BCUT2D eigenvalue weighted by atomic mass is 19.1. The first-order valence-electron chi connectivity index (χ1n) is 5.69. The molecule has 17 heavy (non-hydrogen) atoms. The van der Waals surface area contributed by atoms with Crippen LogP contribution in [0.2, 0.25) is 0 Å². The van der Waals surface area contributed by atoms with Crippen LogP contribution in [0.3, 0.4) is 0 Å². The fourth-order valence-electron chi connectivity index (χ4n) is 2.00. The summed E-state index contributed by atoms with van der Waals surface area (Å²) in [6.07, 6.45) is 0. The lowest BCUT2D eigenvalue weighted by molar-refractivity contribution is 0.0644. The molecule has 0 spiro atoms. The number of nitrogens with two attached hydrogens (primary N) is 1. The van der Waals surface area contributed by atoms with E-state index in [-0.39, 0.29) is 17.8 Å². The van der Waals surface area contributed by atoms with Crippen LogP contribution in [0.1, 0.15) is 10.4 Å². The van der Waals surface area contributed by atoms with Gasteiger partial charge in [-0.1, -0.05) is 0 Å². The van der Waals surface area contributed by atoms with Crippen molar-refractivity contribution in [2.24, 2.45) is 5.73 Å². The van der Waals surface area contributed by atoms with Crippen LogP contribution in [-0.4, -0.2) is 43.0 Å². The average Bonchev–Trinajstić information content (AvgIpc) is 2.39. The molecule has 0 radical (unpaired) electrons. The molecular weight excluding hydrogens is 221 g/mol. The van der Waals surface area contributed by atoms with Crippen molar-refractivity contribution in [3.63, 3.8) is 0 Å². The zero-order valence-electron chi connectivity index (χ0n) is 9.53. The first-order chi connectivity index (χ1) is 8.22. The Morgan fingerprint density at radius 1 is 1.47 bits per heavy atom. The van der Waals surface area contributed by atoms with Crippen LogP contribution in [0, 0.1) is 5.82 Å². The molecule has 1 aliphatic rings. The van der Waals surface area contributed by atoms with Crippen molar-refractivity contribution < 1.29 is 9.18 Å². The molecule has 4 nitrogen and oxygen atoms in total. The number of amides is 1. The highest BCUT2D eigenvalue weighted by molar-refractivity contribution is 5.94. The second kappa shape index (κ2) is 5.25. The SMILES string of the molecule is NCC1CNCCN1C(=O)c1ccc(F)cc1. The highest BCUT2D eigenvalue weighted by Crippen LogP contribution is 2.10. The Morgan fingerprint density at radius 3 is 2.82 bits per heavy atom. The number of halogens is 1. The number of piperazine rings is 1. The number of rotatable bonds is 2. The van der Waals surface area contributed by atoms with Gasteiger partial charge >= 0.3 is 0 Å². The van der Waals surface area contributed by atoms with E-state index in [1.54, 1.807) is 4.90 Å². The Bertz CT molecular complexity index is 393. The average molecular weight is 237 g/mol. The predicted octanol–water partition coefficient (Wildman–Crippen LogP) is 0.198. The first-order valence-corrected chi connectivity index (χ1v) is 5.69. The van der Waals surface area contributed by atoms with Gasteiger partial charge in [-0.15, -0.1) is 0 Å². The number of hydrogen-bond donors (Lipinski definition) is 2. The second-order valence-corrected chi connectivity index (χ2v) is 4.10. The summed E-state index contributed by atoms with van der Waals surface area (Å²) in [7, 11) is 0. The summed E-state index contributed by atoms with van der Waals surface area (Å²) >= 11 is 0. The Morgan fingerprint density at radius 2 is 2.18 bits per heavy atom. The lowest BCUT2D eigenvalue weighted by Crippen LogP contribution is -2.56. The van der Waals surface area contributed by atoms with E-state index in [1.807, 2.05) is 0 Å². The minimum absolute atomic E-state index is 0.0151. The number of benzene rings is 1. The number of nitrogens with zero attached hydrogens (tertiary/aromatic N) is 1. The van der Waals surface area contributed by atoms with Gasteiger partial charge in [-0.3, -0.25) is 4.79 Å². The molecule has 0 aromatic heterocycles. The maximum atomic E-state index is 12.8. The number of hydrogen-bond acceptors (Lipinski definition) is 3. The summed E-state index contributed by atoms with van der Waals surface area (Å²) in [6.45, 7) is 2.55. The van der Waals surface area contributed by atoms with Crippen LogP contribution in [-0.2, 0) is 0 Å². The van der Waals surface area contributed by atoms with E-state index in [0.717, 1.165) is 6.54 Å². The van der Waals surface area contributed by atoms with Crippen molar-refractivity contribution in [1.29, 1.82) is 0 Å². The lowest BCUT2D eigenvalue weighted by atomic mass is 10.1. The van der Waals surface area contributed by atoms with Crippen molar-refractivity contribution in [2.75, 3.05) is 26.2 Å². The molecule has 1 aromatic carbocycles. The Hall–Kier alpha value is -1.46. The van der Waals surface area contributed by atoms with Gasteiger partial charge in [0.05, 0.1) is 6.04 Å². The predicted molar refractivity (Wildman–Crippen MR) is 63.1 cm³/mol. The van der Waals surface area contributed by atoms with Crippen LogP contribution < -0.4 is 11.1 Å². The Balaban J connectivity index is 2.15. The van der Waals surface area contributed by atoms with E-state index in [2.05, 4.69) is 5.32 Å². The molecule has 2 rings (SSSR count). The summed E-state index contributed by atoms with van der Waals surface area (Å²) in [6, 6.07) is 5.63. The topological polar surface area (TPSA) is 58.4 Å². The third-order valence-electron chi connectivity index (χ3n) is 2.97. The molecule has 0 saturated carbocycles. The summed E-state index contributed by atoms with van der Waals surface area (Å²) in [4.78, 5) is 14.0. The van der Waals surface area contributed by atoms with Gasteiger partial charge in [-0.25, -0.2) is 4.39 Å². The minimum Gasteiger partial charge on any atom is -0.332 e. The maximum absolute atomic E-state index is 12.8. The van der Waals surface area contributed by atoms with E-state index in [1.165, 1.54) is 24.3 Å². The van der Waals surface area contributed by atoms with Crippen molar-refractivity contribution in [1.82, 2.24) is 10.2 Å². The Kier molecular flexibility index (Phi) is 3.71. The summed E-state index contributed by atoms with van der Waals surface area (Å²) in [5, 5.41) is 3.20. The highest BCUT2D eigenvalue weighted by Gasteiger charge is 2.26. The number of nitrogens with one attached hydrogen (secondary N) is 1. The molecule has 3 N–H and O–H groups in total. The fraction of sp³-hybridized carbons (Fsp3) is 0.417. The molecular formula is C12H16FN3O. The van der Waals surface area contributed by atoms with Gasteiger partial charge in [-0.05, 0) is 24.3 Å². The molecule has 0 aliphatic carbocycles. The molecule has 1 atom stereocenters. The number of carbonyl (C=O) groups excluding carboxylic acids is 1. The van der Waals surface area contributed by atoms with E-state index in [9.17, 15) is 9.18 Å². The quantitative estimate of drug-likeness (QED) is 0.772. The smallest absolute Gasteiger partial charge is 0.254 e. The van der Waals surface area contributed by atoms with Crippen LogP contribution in [0.15, 0.2) is 24.3 Å². The molecule has 5 heteroatoms. The van der Waals surface area contributed by atoms with Crippen molar-refractivity contribution in [3.8, 4) is 0 Å². The zero-order valence-corrected chi connectivity index (χ0v) is 9.53. The molecule has 1 fully saturated rings. The van der Waals surface area contributed by atoms with Gasteiger partial charge in [0.2, 0.25) is 0 Å². The van der Waals surface area contributed by atoms with Gasteiger partial charge in [-0.2, -0.15) is 0 Å². The lowest BCUT2D eigenvalue weighted by Gasteiger charge is -2.35. The van der Waals surface area contributed by atoms with Gasteiger partial charge in [0.25, 0.3) is 5.91 Å². The number of carbonyl (C=O) groups is 1. The van der Waals surface area contributed by atoms with Crippen LogP contribution >= 0.6 is 0 Å². The third kappa shape index (κ3) is 2.62. The molecule has 1 unspecified atom stereocenters. The summed E-state index contributed by atoms with van der Waals surface area (Å²) in [5.74, 6) is -0.417. The van der Waals surface area contributed by atoms with Gasteiger partial charge in [0.1, 0.15) is 5.82 Å². The second-order valence-electron chi connectivity index (χ2n) is 4.10. The van der Waals surface area contributed by atoms with Crippen molar-refractivity contribution in [2.45, 2.75) is 6.04 Å². The van der Waals surface area contributed by atoms with E-state index in [4.69, 9.17) is 5.73 Å². The molecule has 1 heterocycles.